The fourth-order valence-corrected chi connectivity index (χ4v) is 1.68. The topological polar surface area (TPSA) is 29.5 Å². The van der Waals surface area contributed by atoms with Crippen LogP contribution in [0.1, 0.15) is 25.0 Å². The van der Waals surface area contributed by atoms with Crippen molar-refractivity contribution in [2.75, 3.05) is 13.7 Å². The maximum atomic E-state index is 13.3. The van der Waals surface area contributed by atoms with Crippen molar-refractivity contribution < 1.29 is 18.6 Å². The molecular weight excluding hydrogens is 214 g/mol. The lowest BCUT2D eigenvalue weighted by Crippen LogP contribution is -2.12. The maximum absolute atomic E-state index is 13.3. The number of ether oxygens (including phenoxy) is 1. The molecule has 0 aliphatic heterocycles. The van der Waals surface area contributed by atoms with Gasteiger partial charge in [-0.2, -0.15) is 0 Å². The second kappa shape index (κ2) is 5.92. The number of rotatable bonds is 5. The van der Waals surface area contributed by atoms with Crippen LogP contribution in [0.4, 0.5) is 8.78 Å². The Morgan fingerprint density at radius 1 is 1.31 bits per heavy atom. The van der Waals surface area contributed by atoms with Crippen LogP contribution < -0.4 is 0 Å². The van der Waals surface area contributed by atoms with E-state index in [1.807, 2.05) is 6.92 Å². The summed E-state index contributed by atoms with van der Waals surface area (Å²) in [6.07, 6.45) is -0.863. The predicted octanol–water partition coefficient (Wildman–Crippen LogP) is 2.67. The molecule has 2 atom stereocenters. The molecule has 0 aromatic heterocycles. The van der Waals surface area contributed by atoms with Crippen LogP contribution in [0.5, 0.6) is 0 Å². The van der Waals surface area contributed by atoms with E-state index in [-0.39, 0.29) is 17.9 Å². The van der Waals surface area contributed by atoms with E-state index in [1.165, 1.54) is 6.07 Å². The molecule has 4 heteroatoms. The van der Waals surface area contributed by atoms with Crippen LogP contribution in [0.25, 0.3) is 0 Å². The van der Waals surface area contributed by atoms with Crippen LogP contribution in [0.2, 0.25) is 0 Å². The molecule has 0 fully saturated rings. The first kappa shape index (κ1) is 13.1. The van der Waals surface area contributed by atoms with Gasteiger partial charge in [0.1, 0.15) is 11.6 Å². The van der Waals surface area contributed by atoms with Gasteiger partial charge in [-0.05, 0) is 24.5 Å². The van der Waals surface area contributed by atoms with Gasteiger partial charge in [-0.15, -0.1) is 0 Å². The van der Waals surface area contributed by atoms with Crippen molar-refractivity contribution in [3.63, 3.8) is 0 Å². The van der Waals surface area contributed by atoms with Gasteiger partial charge < -0.3 is 9.84 Å². The van der Waals surface area contributed by atoms with Crippen molar-refractivity contribution >= 4 is 0 Å². The SMILES string of the molecule is COCC(C)CC(O)c1c(F)cccc1F. The minimum Gasteiger partial charge on any atom is -0.388 e. The Kier molecular flexibility index (Phi) is 4.83. The van der Waals surface area contributed by atoms with Crippen molar-refractivity contribution in [2.24, 2.45) is 5.92 Å². The number of benzene rings is 1. The van der Waals surface area contributed by atoms with E-state index in [1.54, 1.807) is 7.11 Å². The first-order valence-electron chi connectivity index (χ1n) is 5.17. The minimum absolute atomic E-state index is 0.0407. The molecule has 0 saturated carbocycles. The second-order valence-corrected chi connectivity index (χ2v) is 3.95. The van der Waals surface area contributed by atoms with Gasteiger partial charge in [0.2, 0.25) is 0 Å². The van der Waals surface area contributed by atoms with Crippen molar-refractivity contribution in [2.45, 2.75) is 19.4 Å². The zero-order valence-electron chi connectivity index (χ0n) is 9.41. The van der Waals surface area contributed by atoms with Gasteiger partial charge in [0.25, 0.3) is 0 Å². The number of hydrogen-bond donors (Lipinski definition) is 1. The Balaban J connectivity index is 2.76. The quantitative estimate of drug-likeness (QED) is 0.842. The molecule has 1 rings (SSSR count). The zero-order chi connectivity index (χ0) is 12.1. The predicted molar refractivity (Wildman–Crippen MR) is 57.0 cm³/mol. The third kappa shape index (κ3) is 3.25. The molecule has 1 N–H and O–H groups in total. The molecule has 0 aliphatic rings. The van der Waals surface area contributed by atoms with Crippen LogP contribution in [0.3, 0.4) is 0 Å². The van der Waals surface area contributed by atoms with Gasteiger partial charge in [0.15, 0.2) is 0 Å². The molecule has 0 heterocycles. The molecular formula is C12H16F2O2. The monoisotopic (exact) mass is 230 g/mol. The molecule has 1 aromatic rings. The lowest BCUT2D eigenvalue weighted by atomic mass is 9.98. The third-order valence-electron chi connectivity index (χ3n) is 2.41. The molecule has 2 nitrogen and oxygen atoms in total. The summed E-state index contributed by atoms with van der Waals surface area (Å²) >= 11 is 0. The summed E-state index contributed by atoms with van der Waals surface area (Å²) in [5.74, 6) is -1.38. The largest absolute Gasteiger partial charge is 0.388 e. The number of aliphatic hydroxyl groups excluding tert-OH is 1. The van der Waals surface area contributed by atoms with E-state index in [0.29, 0.717) is 6.61 Å². The summed E-state index contributed by atoms with van der Waals surface area (Å²) in [6, 6.07) is 3.56. The molecule has 1 aromatic carbocycles. The smallest absolute Gasteiger partial charge is 0.131 e. The Labute approximate surface area is 93.9 Å². The van der Waals surface area contributed by atoms with Gasteiger partial charge >= 0.3 is 0 Å². The summed E-state index contributed by atoms with van der Waals surface area (Å²) in [4.78, 5) is 0. The van der Waals surface area contributed by atoms with E-state index in [4.69, 9.17) is 4.74 Å². The zero-order valence-corrected chi connectivity index (χ0v) is 9.41. The van der Waals surface area contributed by atoms with Crippen LogP contribution >= 0.6 is 0 Å². The Morgan fingerprint density at radius 3 is 2.38 bits per heavy atom. The van der Waals surface area contributed by atoms with Crippen molar-refractivity contribution in [1.82, 2.24) is 0 Å². The standard InChI is InChI=1S/C12H16F2O2/c1-8(7-16-2)6-11(15)12-9(13)4-3-5-10(12)14/h3-5,8,11,15H,6-7H2,1-2H3. The number of halogens is 2. The molecule has 0 amide bonds. The molecule has 0 radical (unpaired) electrons. The Morgan fingerprint density at radius 2 is 1.88 bits per heavy atom. The number of hydrogen-bond acceptors (Lipinski definition) is 2. The third-order valence-corrected chi connectivity index (χ3v) is 2.41. The first-order valence-corrected chi connectivity index (χ1v) is 5.17. The van der Waals surface area contributed by atoms with Gasteiger partial charge in [0.05, 0.1) is 11.7 Å². The normalized spacial score (nSPS) is 14.8. The average molecular weight is 230 g/mol. The number of methoxy groups -OCH3 is 1. The molecule has 0 aliphatic carbocycles. The molecule has 0 saturated heterocycles. The molecule has 16 heavy (non-hydrogen) atoms. The summed E-state index contributed by atoms with van der Waals surface area (Å²) in [7, 11) is 1.55. The van der Waals surface area contributed by atoms with E-state index in [0.717, 1.165) is 12.1 Å². The van der Waals surface area contributed by atoms with Crippen LogP contribution in [-0.2, 0) is 4.74 Å². The summed E-state index contributed by atoms with van der Waals surface area (Å²) in [6.45, 7) is 2.30. The molecule has 2 unspecified atom stereocenters. The van der Waals surface area contributed by atoms with Crippen molar-refractivity contribution in [3.05, 3.63) is 35.4 Å². The van der Waals surface area contributed by atoms with Crippen molar-refractivity contribution in [1.29, 1.82) is 0 Å². The lowest BCUT2D eigenvalue weighted by Gasteiger charge is -2.17. The van der Waals surface area contributed by atoms with E-state index < -0.39 is 17.7 Å². The fourth-order valence-electron chi connectivity index (χ4n) is 1.68. The van der Waals surface area contributed by atoms with Crippen LogP contribution in [0.15, 0.2) is 18.2 Å². The van der Waals surface area contributed by atoms with Crippen LogP contribution in [-0.4, -0.2) is 18.8 Å². The van der Waals surface area contributed by atoms with Gasteiger partial charge in [-0.3, -0.25) is 0 Å². The highest BCUT2D eigenvalue weighted by atomic mass is 19.1. The van der Waals surface area contributed by atoms with Crippen LogP contribution in [0, 0.1) is 17.6 Å². The second-order valence-electron chi connectivity index (χ2n) is 3.95. The molecule has 90 valence electrons. The Bertz CT molecular complexity index is 322. The number of aliphatic hydroxyl groups is 1. The fraction of sp³-hybridized carbons (Fsp3) is 0.500. The highest BCUT2D eigenvalue weighted by molar-refractivity contribution is 5.22. The lowest BCUT2D eigenvalue weighted by molar-refractivity contribution is 0.0974. The highest BCUT2D eigenvalue weighted by Crippen LogP contribution is 2.26. The molecule has 0 spiro atoms. The Hall–Kier alpha value is -1.00. The average Bonchev–Trinajstić information content (AvgIpc) is 2.17. The van der Waals surface area contributed by atoms with Gasteiger partial charge in [0, 0.05) is 13.7 Å². The van der Waals surface area contributed by atoms with Gasteiger partial charge in [-0.1, -0.05) is 13.0 Å². The minimum atomic E-state index is -1.13. The van der Waals surface area contributed by atoms with E-state index in [9.17, 15) is 13.9 Å². The van der Waals surface area contributed by atoms with E-state index >= 15 is 0 Å². The summed E-state index contributed by atoms with van der Waals surface area (Å²) in [5.41, 5.74) is -0.259. The van der Waals surface area contributed by atoms with Crippen molar-refractivity contribution in [3.8, 4) is 0 Å². The molecule has 0 bridgehead atoms. The summed E-state index contributed by atoms with van der Waals surface area (Å²) < 4.78 is 31.5. The van der Waals surface area contributed by atoms with E-state index in [2.05, 4.69) is 0 Å². The maximum Gasteiger partial charge on any atom is 0.131 e. The summed E-state index contributed by atoms with van der Waals surface area (Å²) in [5, 5.41) is 9.74. The highest BCUT2D eigenvalue weighted by Gasteiger charge is 2.19. The first-order chi connectivity index (χ1) is 7.56. The van der Waals surface area contributed by atoms with Gasteiger partial charge in [-0.25, -0.2) is 8.78 Å².